The Morgan fingerprint density at radius 2 is 1.25 bits per heavy atom. The predicted octanol–water partition coefficient (Wildman–Crippen LogP) is 1.01. The fraction of sp³-hybridized carbons (Fsp3) is 0.207. The summed E-state index contributed by atoms with van der Waals surface area (Å²) in [6.45, 7) is -0.803. The van der Waals surface area contributed by atoms with E-state index < -0.39 is 101 Å². The Hall–Kier alpha value is -5.51. The number of aliphatic hydroxyl groups is 2. The van der Waals surface area contributed by atoms with Crippen LogP contribution in [0.3, 0.4) is 0 Å². The van der Waals surface area contributed by atoms with E-state index in [1.54, 1.807) is 30.3 Å². The van der Waals surface area contributed by atoms with Gasteiger partial charge < -0.3 is 59.8 Å². The van der Waals surface area contributed by atoms with Crippen molar-refractivity contribution in [1.29, 1.82) is 0 Å². The van der Waals surface area contributed by atoms with Crippen LogP contribution in [0.25, 0.3) is 6.08 Å². The smallest absolute Gasteiger partial charge is 0.340 e. The third-order valence-electron chi connectivity index (χ3n) is 6.32. The Morgan fingerprint density at radius 1 is 0.727 bits per heavy atom. The second-order valence-electron chi connectivity index (χ2n) is 9.40. The number of esters is 3. The highest BCUT2D eigenvalue weighted by atomic mass is 16.7. The second kappa shape index (κ2) is 13.2. The Labute approximate surface area is 247 Å². The average Bonchev–Trinajstić information content (AvgIpc) is 3.00. The molecule has 4 rings (SSSR count). The van der Waals surface area contributed by atoms with E-state index in [1.165, 1.54) is 6.08 Å². The number of aromatic hydroxyl groups is 6. The lowest BCUT2D eigenvalue weighted by molar-refractivity contribution is -0.288. The molecule has 15 heteroatoms. The molecule has 0 amide bonds. The standard InChI is InChI=1S/C29H26O15/c30-16-8-14(9-17(31)22(16)35)27(39)41-12-20-24(37)25(38)26(43-21(34)7-6-13-4-2-1-3-5-13)29(42-20)44-28(40)15-10-18(32)23(36)19(33)11-15/h1-11,20,24-26,29-33,35-38H,12H2/b7-6+/t20-,24-,25-,26-,29+/m1/s1. The lowest BCUT2D eigenvalue weighted by Gasteiger charge is -2.41. The second-order valence-corrected chi connectivity index (χ2v) is 9.40. The van der Waals surface area contributed by atoms with Crippen molar-refractivity contribution >= 4 is 24.0 Å². The highest BCUT2D eigenvalue weighted by molar-refractivity contribution is 5.92. The predicted molar refractivity (Wildman–Crippen MR) is 145 cm³/mol. The first-order valence-electron chi connectivity index (χ1n) is 12.7. The summed E-state index contributed by atoms with van der Waals surface area (Å²) in [6.07, 6.45) is -6.90. The Morgan fingerprint density at radius 3 is 1.80 bits per heavy atom. The molecule has 1 aliphatic rings. The number of phenolic OH excluding ortho intramolecular Hbond substituents is 6. The molecule has 44 heavy (non-hydrogen) atoms. The van der Waals surface area contributed by atoms with Crippen molar-refractivity contribution in [3.63, 3.8) is 0 Å². The van der Waals surface area contributed by atoms with Gasteiger partial charge in [0.25, 0.3) is 0 Å². The molecule has 0 radical (unpaired) electrons. The summed E-state index contributed by atoms with van der Waals surface area (Å²) in [5.74, 6) is -8.69. The fourth-order valence-corrected chi connectivity index (χ4v) is 4.02. The summed E-state index contributed by atoms with van der Waals surface area (Å²) in [7, 11) is 0. The van der Waals surface area contributed by atoms with Gasteiger partial charge in [0.05, 0.1) is 11.1 Å². The van der Waals surface area contributed by atoms with Gasteiger partial charge in [0.2, 0.25) is 6.29 Å². The lowest BCUT2D eigenvalue weighted by Crippen LogP contribution is -2.61. The summed E-state index contributed by atoms with van der Waals surface area (Å²) in [5.41, 5.74) is -0.279. The molecule has 5 atom stereocenters. The van der Waals surface area contributed by atoms with Gasteiger partial charge in [-0.2, -0.15) is 0 Å². The van der Waals surface area contributed by atoms with Crippen molar-refractivity contribution < 1.29 is 74.2 Å². The van der Waals surface area contributed by atoms with E-state index in [0.717, 1.165) is 30.3 Å². The first kappa shape index (κ1) is 31.4. The minimum absolute atomic E-state index is 0.407. The molecule has 0 spiro atoms. The van der Waals surface area contributed by atoms with Crippen LogP contribution in [-0.2, 0) is 23.7 Å². The zero-order valence-electron chi connectivity index (χ0n) is 22.4. The minimum Gasteiger partial charge on any atom is -0.504 e. The van der Waals surface area contributed by atoms with Gasteiger partial charge in [0.1, 0.15) is 24.9 Å². The number of rotatable bonds is 8. The van der Waals surface area contributed by atoms with E-state index >= 15 is 0 Å². The molecular formula is C29H26O15. The van der Waals surface area contributed by atoms with Crippen LogP contribution in [0.15, 0.2) is 60.7 Å². The first-order valence-corrected chi connectivity index (χ1v) is 12.7. The zero-order valence-corrected chi connectivity index (χ0v) is 22.4. The zero-order chi connectivity index (χ0) is 32.1. The van der Waals surface area contributed by atoms with Gasteiger partial charge in [-0.3, -0.25) is 0 Å². The van der Waals surface area contributed by atoms with Crippen molar-refractivity contribution in [1.82, 2.24) is 0 Å². The van der Waals surface area contributed by atoms with E-state index in [-0.39, 0.29) is 0 Å². The highest BCUT2D eigenvalue weighted by Gasteiger charge is 2.49. The van der Waals surface area contributed by atoms with Gasteiger partial charge in [0.15, 0.2) is 40.6 Å². The van der Waals surface area contributed by atoms with Gasteiger partial charge in [-0.05, 0) is 35.9 Å². The summed E-state index contributed by atoms with van der Waals surface area (Å²) in [6, 6.07) is 11.6. The number of aliphatic hydroxyl groups excluding tert-OH is 2. The van der Waals surface area contributed by atoms with Crippen LogP contribution in [-0.4, -0.2) is 96.1 Å². The number of carbonyl (C=O) groups excluding carboxylic acids is 3. The summed E-state index contributed by atoms with van der Waals surface area (Å²) < 4.78 is 21.0. The Kier molecular flexibility index (Phi) is 9.43. The van der Waals surface area contributed by atoms with Crippen LogP contribution in [0.4, 0.5) is 0 Å². The summed E-state index contributed by atoms with van der Waals surface area (Å²) >= 11 is 0. The largest absolute Gasteiger partial charge is 0.504 e. The SMILES string of the molecule is O=C(/C=C/c1ccccc1)O[C@H]1[C@H](OC(=O)c2cc(O)c(O)c(O)c2)O[C@H](COC(=O)c2cc(O)c(O)c(O)c2)[C@@H](O)[C@H]1O. The van der Waals surface area contributed by atoms with Gasteiger partial charge >= 0.3 is 17.9 Å². The van der Waals surface area contributed by atoms with Crippen LogP contribution in [0.2, 0.25) is 0 Å². The maximum absolute atomic E-state index is 12.9. The number of ether oxygens (including phenoxy) is 4. The number of hydrogen-bond donors (Lipinski definition) is 8. The molecule has 3 aromatic carbocycles. The molecule has 0 bridgehead atoms. The van der Waals surface area contributed by atoms with Crippen molar-refractivity contribution in [2.24, 2.45) is 0 Å². The minimum atomic E-state index is -1.98. The van der Waals surface area contributed by atoms with E-state index in [1.807, 2.05) is 0 Å². The van der Waals surface area contributed by atoms with Crippen molar-refractivity contribution in [2.75, 3.05) is 6.61 Å². The Bertz CT molecular complexity index is 1520. The fourth-order valence-electron chi connectivity index (χ4n) is 4.02. The molecule has 232 valence electrons. The van der Waals surface area contributed by atoms with E-state index in [4.69, 9.17) is 18.9 Å². The van der Waals surface area contributed by atoms with E-state index in [9.17, 15) is 55.2 Å². The Balaban J connectivity index is 1.54. The van der Waals surface area contributed by atoms with Crippen molar-refractivity contribution in [2.45, 2.75) is 30.7 Å². The molecule has 1 fully saturated rings. The van der Waals surface area contributed by atoms with Crippen LogP contribution < -0.4 is 0 Å². The number of benzene rings is 3. The lowest BCUT2D eigenvalue weighted by atomic mass is 9.99. The van der Waals surface area contributed by atoms with Gasteiger partial charge in [-0.1, -0.05) is 30.3 Å². The van der Waals surface area contributed by atoms with Gasteiger partial charge in [-0.15, -0.1) is 0 Å². The molecule has 15 nitrogen and oxygen atoms in total. The third kappa shape index (κ3) is 7.09. The molecule has 1 saturated heterocycles. The third-order valence-corrected chi connectivity index (χ3v) is 6.32. The van der Waals surface area contributed by atoms with Crippen LogP contribution >= 0.6 is 0 Å². The number of phenols is 6. The molecule has 0 aliphatic carbocycles. The van der Waals surface area contributed by atoms with Crippen molar-refractivity contribution in [3.8, 4) is 34.5 Å². The van der Waals surface area contributed by atoms with Crippen LogP contribution in [0, 0.1) is 0 Å². The average molecular weight is 615 g/mol. The molecule has 0 aromatic heterocycles. The van der Waals surface area contributed by atoms with Gasteiger partial charge in [0, 0.05) is 6.08 Å². The molecule has 3 aromatic rings. The monoisotopic (exact) mass is 614 g/mol. The van der Waals surface area contributed by atoms with Crippen molar-refractivity contribution in [3.05, 3.63) is 77.4 Å². The maximum Gasteiger partial charge on any atom is 0.340 e. The van der Waals surface area contributed by atoms with Crippen LogP contribution in [0.5, 0.6) is 34.5 Å². The summed E-state index contributed by atoms with van der Waals surface area (Å²) in [5, 5.41) is 79.3. The van der Waals surface area contributed by atoms with E-state index in [2.05, 4.69) is 0 Å². The maximum atomic E-state index is 12.9. The molecule has 1 aliphatic heterocycles. The van der Waals surface area contributed by atoms with Gasteiger partial charge in [-0.25, -0.2) is 14.4 Å². The molecule has 8 N–H and O–H groups in total. The normalized spacial score (nSPS) is 21.5. The number of hydrogen-bond acceptors (Lipinski definition) is 15. The molecule has 0 saturated carbocycles. The first-order chi connectivity index (χ1) is 20.8. The summed E-state index contributed by atoms with van der Waals surface area (Å²) in [4.78, 5) is 37.9. The molecular weight excluding hydrogens is 588 g/mol. The molecule has 1 heterocycles. The van der Waals surface area contributed by atoms with E-state index in [0.29, 0.717) is 5.56 Å². The van der Waals surface area contributed by atoms with Crippen LogP contribution in [0.1, 0.15) is 26.3 Å². The highest BCUT2D eigenvalue weighted by Crippen LogP contribution is 2.37. The molecule has 0 unspecified atom stereocenters. The topological polar surface area (TPSA) is 250 Å². The number of carbonyl (C=O) groups is 3. The quantitative estimate of drug-likeness (QED) is 0.0763.